The minimum absolute atomic E-state index is 0.00647. The van der Waals surface area contributed by atoms with Gasteiger partial charge >= 0.3 is 11.9 Å². The number of hydrogen-bond donors (Lipinski definition) is 1. The van der Waals surface area contributed by atoms with Gasteiger partial charge in [0, 0.05) is 6.42 Å². The molecule has 0 radical (unpaired) electrons. The van der Waals surface area contributed by atoms with Gasteiger partial charge in [0.15, 0.2) is 11.5 Å². The zero-order valence-corrected chi connectivity index (χ0v) is 14.2. The monoisotopic (exact) mass is 350 g/mol. The Bertz CT molecular complexity index is 866. The van der Waals surface area contributed by atoms with Crippen LogP contribution in [0.15, 0.2) is 77.8 Å². The smallest absolute Gasteiger partial charge is 0.343 e. The maximum atomic E-state index is 12.2. The minimum Gasteiger partial charge on any atom is -0.504 e. The first-order valence-corrected chi connectivity index (χ1v) is 8.14. The minimum atomic E-state index is -0.707. The number of benzene rings is 2. The molecule has 1 heterocycles. The molecule has 2 aromatic carbocycles. The maximum absolute atomic E-state index is 12.2. The second-order valence-corrected chi connectivity index (χ2v) is 5.83. The predicted molar refractivity (Wildman–Crippen MR) is 96.0 cm³/mol. The molecule has 0 spiro atoms. The van der Waals surface area contributed by atoms with Crippen molar-refractivity contribution in [1.29, 1.82) is 0 Å². The van der Waals surface area contributed by atoms with Crippen molar-refractivity contribution < 1.29 is 24.2 Å². The van der Waals surface area contributed by atoms with Crippen LogP contribution >= 0.6 is 0 Å². The highest BCUT2D eigenvalue weighted by molar-refractivity contribution is 5.96. The molecule has 3 rings (SSSR count). The van der Waals surface area contributed by atoms with E-state index in [1.54, 1.807) is 30.3 Å². The van der Waals surface area contributed by atoms with E-state index < -0.39 is 17.9 Å². The highest BCUT2D eigenvalue weighted by Gasteiger charge is 2.34. The highest BCUT2D eigenvalue weighted by Crippen LogP contribution is 2.33. The van der Waals surface area contributed by atoms with Crippen LogP contribution in [0.4, 0.5) is 0 Å². The molecule has 26 heavy (non-hydrogen) atoms. The molecule has 132 valence electrons. The predicted octanol–water partition coefficient (Wildman–Crippen LogP) is 3.74. The second-order valence-electron chi connectivity index (χ2n) is 5.83. The quantitative estimate of drug-likeness (QED) is 0.832. The largest absolute Gasteiger partial charge is 0.504 e. The van der Waals surface area contributed by atoms with Crippen LogP contribution in [0.25, 0.3) is 6.08 Å². The van der Waals surface area contributed by atoms with E-state index >= 15 is 0 Å². The Kier molecular flexibility index (Phi) is 5.17. The van der Waals surface area contributed by atoms with Crippen LogP contribution in [-0.2, 0) is 19.1 Å². The summed E-state index contributed by atoms with van der Waals surface area (Å²) in [6.07, 6.45) is 1.57. The van der Waals surface area contributed by atoms with Gasteiger partial charge in [-0.1, -0.05) is 60.7 Å². The molecule has 0 saturated heterocycles. The van der Waals surface area contributed by atoms with Crippen LogP contribution in [0.2, 0.25) is 0 Å². The number of aliphatic hydroxyl groups is 1. The molecule has 0 aromatic heterocycles. The number of hydrogen-bond acceptors (Lipinski definition) is 5. The molecule has 0 bridgehead atoms. The van der Waals surface area contributed by atoms with Crippen molar-refractivity contribution in [2.24, 2.45) is 0 Å². The van der Waals surface area contributed by atoms with Crippen molar-refractivity contribution in [2.45, 2.75) is 12.3 Å². The van der Waals surface area contributed by atoms with E-state index in [-0.39, 0.29) is 23.5 Å². The van der Waals surface area contributed by atoms with Crippen molar-refractivity contribution in [1.82, 2.24) is 0 Å². The van der Waals surface area contributed by atoms with Gasteiger partial charge in [-0.25, -0.2) is 4.79 Å². The average molecular weight is 350 g/mol. The number of carbonyl (C=O) groups excluding carboxylic acids is 2. The summed E-state index contributed by atoms with van der Waals surface area (Å²) in [4.78, 5) is 24.4. The Hall–Kier alpha value is -3.34. The van der Waals surface area contributed by atoms with Crippen LogP contribution < -0.4 is 0 Å². The number of rotatable bonds is 5. The summed E-state index contributed by atoms with van der Waals surface area (Å²) in [6.45, 7) is 0. The molecule has 1 atom stereocenters. The van der Waals surface area contributed by atoms with Gasteiger partial charge in [-0.15, -0.1) is 0 Å². The van der Waals surface area contributed by atoms with Crippen molar-refractivity contribution in [2.75, 3.05) is 7.11 Å². The Morgan fingerprint density at radius 2 is 1.73 bits per heavy atom. The molecule has 0 aliphatic carbocycles. The summed E-state index contributed by atoms with van der Waals surface area (Å²) in [5.74, 6) is -2.02. The van der Waals surface area contributed by atoms with Gasteiger partial charge in [0.2, 0.25) is 0 Å². The van der Waals surface area contributed by atoms with Gasteiger partial charge in [0.05, 0.1) is 18.6 Å². The number of esters is 2. The Morgan fingerprint density at radius 3 is 2.35 bits per heavy atom. The van der Waals surface area contributed by atoms with Gasteiger partial charge < -0.3 is 14.6 Å². The summed E-state index contributed by atoms with van der Waals surface area (Å²) in [6, 6.07) is 18.2. The molecular weight excluding hydrogens is 332 g/mol. The molecule has 0 saturated carbocycles. The number of aliphatic hydroxyl groups excluding tert-OH is 1. The van der Waals surface area contributed by atoms with E-state index in [1.807, 2.05) is 36.4 Å². The molecule has 2 aromatic rings. The van der Waals surface area contributed by atoms with Crippen molar-refractivity contribution in [3.05, 3.63) is 88.9 Å². The maximum Gasteiger partial charge on any atom is 0.343 e. The Balaban J connectivity index is 1.92. The number of carbonyl (C=O) groups is 2. The third-order valence-electron chi connectivity index (χ3n) is 4.16. The van der Waals surface area contributed by atoms with E-state index in [2.05, 4.69) is 0 Å². The van der Waals surface area contributed by atoms with Gasteiger partial charge in [-0.2, -0.15) is 0 Å². The lowest BCUT2D eigenvalue weighted by molar-refractivity contribution is -0.142. The van der Waals surface area contributed by atoms with E-state index in [1.165, 1.54) is 7.11 Å². The Morgan fingerprint density at radius 1 is 1.12 bits per heavy atom. The summed E-state index contributed by atoms with van der Waals surface area (Å²) in [7, 11) is 1.29. The van der Waals surface area contributed by atoms with Crippen LogP contribution in [0.3, 0.4) is 0 Å². The second kappa shape index (κ2) is 7.70. The van der Waals surface area contributed by atoms with Crippen LogP contribution in [0, 0.1) is 0 Å². The fraction of sp³-hybridized carbons (Fsp3) is 0.143. The molecule has 5 nitrogen and oxygen atoms in total. The molecular formula is C21H18O5. The lowest BCUT2D eigenvalue weighted by Gasteiger charge is -2.14. The van der Waals surface area contributed by atoms with E-state index in [0.29, 0.717) is 5.56 Å². The zero-order chi connectivity index (χ0) is 18.5. The summed E-state index contributed by atoms with van der Waals surface area (Å²) < 4.78 is 10.0. The third kappa shape index (κ3) is 3.67. The zero-order valence-electron chi connectivity index (χ0n) is 14.2. The normalized spacial score (nSPS) is 16.5. The highest BCUT2D eigenvalue weighted by atomic mass is 16.6. The molecule has 0 fully saturated rings. The average Bonchev–Trinajstić information content (AvgIpc) is 2.94. The number of ether oxygens (including phenoxy) is 2. The summed E-state index contributed by atoms with van der Waals surface area (Å²) in [5.41, 5.74) is 1.55. The molecule has 1 aliphatic rings. The number of methoxy groups -OCH3 is 1. The van der Waals surface area contributed by atoms with Crippen molar-refractivity contribution in [3.63, 3.8) is 0 Å². The van der Waals surface area contributed by atoms with E-state index in [0.717, 1.165) is 5.56 Å². The summed E-state index contributed by atoms with van der Waals surface area (Å²) in [5, 5.41) is 10.4. The lowest BCUT2D eigenvalue weighted by Crippen LogP contribution is -2.17. The Labute approximate surface area is 151 Å². The molecule has 1 aliphatic heterocycles. The van der Waals surface area contributed by atoms with Crippen LogP contribution in [0.5, 0.6) is 0 Å². The van der Waals surface area contributed by atoms with E-state index in [9.17, 15) is 14.7 Å². The van der Waals surface area contributed by atoms with Crippen molar-refractivity contribution in [3.8, 4) is 0 Å². The fourth-order valence-corrected chi connectivity index (χ4v) is 2.80. The van der Waals surface area contributed by atoms with Crippen LogP contribution in [-0.4, -0.2) is 24.2 Å². The molecule has 0 amide bonds. The SMILES string of the molecule is COC(=O)C(CC1=C(O)C(=Cc2ccccc2)OC1=O)c1ccccc1. The molecule has 5 heteroatoms. The topological polar surface area (TPSA) is 72.8 Å². The van der Waals surface area contributed by atoms with Gasteiger partial charge in [-0.05, 0) is 17.2 Å². The third-order valence-corrected chi connectivity index (χ3v) is 4.16. The van der Waals surface area contributed by atoms with E-state index in [4.69, 9.17) is 9.47 Å². The summed E-state index contributed by atoms with van der Waals surface area (Å²) >= 11 is 0. The lowest BCUT2D eigenvalue weighted by atomic mass is 9.91. The first kappa shape index (κ1) is 17.5. The standard InChI is InChI=1S/C21H18O5/c1-25-20(23)16(15-10-6-3-7-11-15)13-17-19(22)18(26-21(17)24)12-14-8-4-2-5-9-14/h2-12,16,22H,13H2,1H3. The van der Waals surface area contributed by atoms with Crippen molar-refractivity contribution >= 4 is 18.0 Å². The van der Waals surface area contributed by atoms with Crippen LogP contribution in [0.1, 0.15) is 23.5 Å². The fourth-order valence-electron chi connectivity index (χ4n) is 2.80. The molecule has 1 unspecified atom stereocenters. The first-order valence-electron chi connectivity index (χ1n) is 8.14. The molecule has 1 N–H and O–H groups in total. The van der Waals surface area contributed by atoms with Gasteiger partial charge in [-0.3, -0.25) is 4.79 Å². The van der Waals surface area contributed by atoms with Gasteiger partial charge in [0.1, 0.15) is 0 Å². The van der Waals surface area contributed by atoms with Gasteiger partial charge in [0.25, 0.3) is 0 Å². The number of cyclic esters (lactones) is 1. The first-order chi connectivity index (χ1) is 12.6.